The van der Waals surface area contributed by atoms with Gasteiger partial charge in [0.05, 0.1) is 12.0 Å². The fourth-order valence-electron chi connectivity index (χ4n) is 4.47. The highest BCUT2D eigenvalue weighted by molar-refractivity contribution is 5.99. The highest BCUT2D eigenvalue weighted by Crippen LogP contribution is 2.37. The lowest BCUT2D eigenvalue weighted by Crippen LogP contribution is -2.30. The van der Waals surface area contributed by atoms with E-state index in [0.717, 1.165) is 65.2 Å². The van der Waals surface area contributed by atoms with Crippen LogP contribution < -0.4 is 15.4 Å². The van der Waals surface area contributed by atoms with Crippen LogP contribution in [0.1, 0.15) is 24.0 Å². The van der Waals surface area contributed by atoms with Gasteiger partial charge in [-0.05, 0) is 67.6 Å². The van der Waals surface area contributed by atoms with Crippen molar-refractivity contribution in [1.29, 1.82) is 0 Å². The Labute approximate surface area is 193 Å². The third-order valence-corrected chi connectivity index (χ3v) is 6.21. The van der Waals surface area contributed by atoms with Crippen LogP contribution >= 0.6 is 0 Å². The monoisotopic (exact) mass is 444 g/mol. The molecule has 0 amide bonds. The number of rotatable bonds is 7. The van der Waals surface area contributed by atoms with E-state index in [1.54, 1.807) is 6.07 Å². The number of anilines is 1. The number of nitrogens with one attached hydrogen (secondary N) is 3. The molecule has 2 aromatic carbocycles. The molecular weight excluding hydrogens is 415 g/mol. The van der Waals surface area contributed by atoms with Crippen LogP contribution in [0.25, 0.3) is 22.2 Å². The van der Waals surface area contributed by atoms with E-state index in [9.17, 15) is 4.39 Å². The van der Waals surface area contributed by atoms with Gasteiger partial charge in [0.1, 0.15) is 23.0 Å². The van der Waals surface area contributed by atoms with Gasteiger partial charge in [0, 0.05) is 24.4 Å². The number of nitrogens with zero attached hydrogens (tertiary/aromatic N) is 1. The van der Waals surface area contributed by atoms with Gasteiger partial charge in [-0.2, -0.15) is 0 Å². The molecule has 0 aliphatic carbocycles. The Morgan fingerprint density at radius 3 is 2.70 bits per heavy atom. The Morgan fingerprint density at radius 1 is 1.09 bits per heavy atom. The maximum atomic E-state index is 14.2. The summed E-state index contributed by atoms with van der Waals surface area (Å²) in [6.45, 7) is 5.29. The van der Waals surface area contributed by atoms with E-state index in [4.69, 9.17) is 9.72 Å². The molecule has 5 nitrogen and oxygen atoms in total. The fourth-order valence-corrected chi connectivity index (χ4v) is 4.47. The first-order valence-electron chi connectivity index (χ1n) is 11.6. The highest BCUT2D eigenvalue weighted by atomic mass is 19.1. The summed E-state index contributed by atoms with van der Waals surface area (Å²) in [6, 6.07) is 17.3. The van der Waals surface area contributed by atoms with E-state index in [1.165, 1.54) is 11.6 Å². The number of halogens is 1. The molecular formula is C27H29FN4O. The molecule has 4 aromatic rings. The lowest BCUT2D eigenvalue weighted by molar-refractivity contribution is 0.217. The van der Waals surface area contributed by atoms with Crippen LogP contribution in [0.15, 0.2) is 60.8 Å². The second-order valence-electron chi connectivity index (χ2n) is 8.79. The quantitative estimate of drug-likeness (QED) is 0.344. The number of piperidine rings is 1. The van der Waals surface area contributed by atoms with Crippen molar-refractivity contribution in [1.82, 2.24) is 15.3 Å². The number of aromatic nitrogens is 2. The first-order chi connectivity index (χ1) is 16.2. The maximum Gasteiger partial charge on any atom is 0.144 e. The van der Waals surface area contributed by atoms with Crippen molar-refractivity contribution in [2.45, 2.75) is 26.3 Å². The first-order valence-corrected chi connectivity index (χ1v) is 11.6. The summed E-state index contributed by atoms with van der Waals surface area (Å²) in [4.78, 5) is 8.07. The van der Waals surface area contributed by atoms with Gasteiger partial charge in [-0.25, -0.2) is 9.37 Å². The van der Waals surface area contributed by atoms with Crippen molar-refractivity contribution in [3.05, 3.63) is 77.7 Å². The third kappa shape index (κ3) is 5.01. The molecule has 0 radical (unpaired) electrons. The Morgan fingerprint density at radius 2 is 1.91 bits per heavy atom. The summed E-state index contributed by atoms with van der Waals surface area (Å²) in [5.74, 6) is 1.79. The molecule has 1 saturated heterocycles. The number of fused-ring (bicyclic) bond motifs is 1. The molecule has 6 heteroatoms. The SMILES string of the molecule is Cc1cc(F)cc(-c2c[nH]c3nc(NCc4ccccc4)cc(OCC4CCNCC4)c23)c1. The maximum absolute atomic E-state index is 14.2. The van der Waals surface area contributed by atoms with Gasteiger partial charge in [0.2, 0.25) is 0 Å². The average Bonchev–Trinajstić information content (AvgIpc) is 3.26. The molecule has 0 spiro atoms. The lowest BCUT2D eigenvalue weighted by atomic mass is 9.99. The van der Waals surface area contributed by atoms with Crippen molar-refractivity contribution in [2.75, 3.05) is 25.0 Å². The molecule has 1 aliphatic rings. The van der Waals surface area contributed by atoms with E-state index in [-0.39, 0.29) is 5.82 Å². The minimum absolute atomic E-state index is 0.245. The third-order valence-electron chi connectivity index (χ3n) is 6.21. The minimum atomic E-state index is -0.245. The van der Waals surface area contributed by atoms with Crippen LogP contribution in [0.5, 0.6) is 5.75 Å². The van der Waals surface area contributed by atoms with Crippen LogP contribution in [-0.4, -0.2) is 29.7 Å². The molecule has 0 unspecified atom stereocenters. The van der Waals surface area contributed by atoms with Crippen molar-refractivity contribution in [2.24, 2.45) is 5.92 Å². The van der Waals surface area contributed by atoms with E-state index in [1.807, 2.05) is 43.5 Å². The van der Waals surface area contributed by atoms with Crippen LogP contribution in [0.2, 0.25) is 0 Å². The average molecular weight is 445 g/mol. The van der Waals surface area contributed by atoms with E-state index in [2.05, 4.69) is 27.8 Å². The largest absolute Gasteiger partial charge is 0.492 e. The summed E-state index contributed by atoms with van der Waals surface area (Å²) in [5, 5.41) is 7.71. The first kappa shape index (κ1) is 21.5. The van der Waals surface area contributed by atoms with Crippen molar-refractivity contribution in [3.63, 3.8) is 0 Å². The van der Waals surface area contributed by atoms with Crippen molar-refractivity contribution in [3.8, 4) is 16.9 Å². The van der Waals surface area contributed by atoms with Gasteiger partial charge < -0.3 is 20.4 Å². The standard InChI is InChI=1S/C27H29FN4O/c1-18-11-21(13-22(28)12-18)23-16-31-27-26(23)24(33-17-20-7-9-29-10-8-20)14-25(32-27)30-15-19-5-3-2-4-6-19/h2-6,11-14,16,20,29H,7-10,15,17H2,1H3,(H2,30,31,32). The molecule has 2 aromatic heterocycles. The number of hydrogen-bond acceptors (Lipinski definition) is 4. The zero-order chi connectivity index (χ0) is 22.6. The number of aromatic amines is 1. The molecule has 5 rings (SSSR count). The lowest BCUT2D eigenvalue weighted by Gasteiger charge is -2.23. The molecule has 33 heavy (non-hydrogen) atoms. The van der Waals surface area contributed by atoms with Crippen molar-refractivity contribution < 1.29 is 9.13 Å². The molecule has 3 N–H and O–H groups in total. The van der Waals surface area contributed by atoms with E-state index >= 15 is 0 Å². The van der Waals surface area contributed by atoms with Gasteiger partial charge in [0.15, 0.2) is 0 Å². The Hall–Kier alpha value is -3.38. The predicted octanol–water partition coefficient (Wildman–Crippen LogP) is 5.67. The normalized spacial score (nSPS) is 14.5. The van der Waals surface area contributed by atoms with Gasteiger partial charge in [-0.15, -0.1) is 0 Å². The summed E-state index contributed by atoms with van der Waals surface area (Å²) < 4.78 is 20.6. The summed E-state index contributed by atoms with van der Waals surface area (Å²) in [6.07, 6.45) is 4.11. The van der Waals surface area contributed by atoms with Crippen LogP contribution in [0.3, 0.4) is 0 Å². The van der Waals surface area contributed by atoms with Crippen molar-refractivity contribution >= 4 is 16.9 Å². The fraction of sp³-hybridized carbons (Fsp3) is 0.296. The number of aryl methyl sites for hydroxylation is 1. The number of hydrogen-bond donors (Lipinski definition) is 3. The molecule has 170 valence electrons. The number of ether oxygens (including phenoxy) is 1. The smallest absolute Gasteiger partial charge is 0.144 e. The van der Waals surface area contributed by atoms with Gasteiger partial charge in [-0.1, -0.05) is 36.4 Å². The Bertz CT molecular complexity index is 1210. The number of H-pyrrole nitrogens is 1. The summed E-state index contributed by atoms with van der Waals surface area (Å²) >= 11 is 0. The Kier molecular flexibility index (Phi) is 6.26. The van der Waals surface area contributed by atoms with Crippen LogP contribution in [-0.2, 0) is 6.54 Å². The predicted molar refractivity (Wildman–Crippen MR) is 131 cm³/mol. The summed E-state index contributed by atoms with van der Waals surface area (Å²) in [5.41, 5.74) is 4.50. The van der Waals surface area contributed by atoms with E-state index in [0.29, 0.717) is 19.1 Å². The second kappa shape index (κ2) is 9.63. The molecule has 0 bridgehead atoms. The second-order valence-corrected chi connectivity index (χ2v) is 8.79. The number of benzene rings is 2. The van der Waals surface area contributed by atoms with Gasteiger partial charge in [-0.3, -0.25) is 0 Å². The topological polar surface area (TPSA) is 62.0 Å². The minimum Gasteiger partial charge on any atom is -0.492 e. The summed E-state index contributed by atoms with van der Waals surface area (Å²) in [7, 11) is 0. The highest BCUT2D eigenvalue weighted by Gasteiger charge is 2.18. The van der Waals surface area contributed by atoms with Crippen LogP contribution in [0.4, 0.5) is 10.2 Å². The van der Waals surface area contributed by atoms with Gasteiger partial charge in [0.25, 0.3) is 0 Å². The molecule has 1 aliphatic heterocycles. The zero-order valence-corrected chi connectivity index (χ0v) is 18.8. The Balaban J connectivity index is 1.49. The van der Waals surface area contributed by atoms with Gasteiger partial charge >= 0.3 is 0 Å². The molecule has 1 fully saturated rings. The van der Waals surface area contributed by atoms with Crippen LogP contribution in [0, 0.1) is 18.7 Å². The molecule has 0 saturated carbocycles. The zero-order valence-electron chi connectivity index (χ0n) is 18.8. The number of pyridine rings is 1. The molecule has 0 atom stereocenters. The molecule has 3 heterocycles. The van der Waals surface area contributed by atoms with E-state index < -0.39 is 0 Å².